The van der Waals surface area contributed by atoms with Gasteiger partial charge >= 0.3 is 6.18 Å². The molecule has 0 spiro atoms. The lowest BCUT2D eigenvalue weighted by Crippen LogP contribution is -2.31. The van der Waals surface area contributed by atoms with E-state index in [9.17, 15) is 13.2 Å². The van der Waals surface area contributed by atoms with Crippen molar-refractivity contribution in [3.8, 4) is 0 Å². The zero-order chi connectivity index (χ0) is 16.9. The van der Waals surface area contributed by atoms with Crippen LogP contribution in [0.2, 0.25) is 0 Å². The second kappa shape index (κ2) is 4.98. The Bertz CT molecular complexity index is 958. The number of nitrogens with one attached hydrogen (secondary N) is 1. The maximum absolute atomic E-state index is 13.0. The first-order chi connectivity index (χ1) is 11.4. The van der Waals surface area contributed by atoms with E-state index in [4.69, 9.17) is 5.73 Å². The van der Waals surface area contributed by atoms with Gasteiger partial charge in [0.2, 0.25) is 5.95 Å². The minimum atomic E-state index is -4.42. The summed E-state index contributed by atoms with van der Waals surface area (Å²) in [5.74, 6) is 0.561. The SMILES string of the molecule is NC1=N[C@H](c2cccc(C(F)(F)F)c2)n2c(nc3ccccc32)N1. The molecule has 0 fully saturated rings. The van der Waals surface area contributed by atoms with E-state index in [-0.39, 0.29) is 5.96 Å². The van der Waals surface area contributed by atoms with Gasteiger partial charge in [0.1, 0.15) is 0 Å². The lowest BCUT2D eigenvalue weighted by Gasteiger charge is -2.24. The molecule has 1 aliphatic rings. The van der Waals surface area contributed by atoms with Gasteiger partial charge in [-0.1, -0.05) is 24.3 Å². The molecule has 1 aromatic heterocycles. The largest absolute Gasteiger partial charge is 0.416 e. The summed E-state index contributed by atoms with van der Waals surface area (Å²) in [4.78, 5) is 8.70. The maximum Gasteiger partial charge on any atom is 0.416 e. The van der Waals surface area contributed by atoms with Crippen molar-refractivity contribution in [3.05, 3.63) is 59.7 Å². The molecule has 1 atom stereocenters. The van der Waals surface area contributed by atoms with Gasteiger partial charge in [0.25, 0.3) is 0 Å². The average molecular weight is 331 g/mol. The fourth-order valence-corrected chi connectivity index (χ4v) is 2.82. The quantitative estimate of drug-likeness (QED) is 0.718. The number of nitrogens with zero attached hydrogens (tertiary/aromatic N) is 3. The summed E-state index contributed by atoms with van der Waals surface area (Å²) >= 11 is 0. The molecule has 0 aliphatic carbocycles. The number of alkyl halides is 3. The maximum atomic E-state index is 13.0. The molecule has 0 unspecified atom stereocenters. The van der Waals surface area contributed by atoms with Crippen LogP contribution in [-0.4, -0.2) is 15.5 Å². The van der Waals surface area contributed by atoms with Crippen LogP contribution < -0.4 is 11.1 Å². The first-order valence-electron chi connectivity index (χ1n) is 7.18. The lowest BCUT2D eigenvalue weighted by atomic mass is 10.1. The summed E-state index contributed by atoms with van der Waals surface area (Å²) in [6.07, 6.45) is -5.13. The number of halogens is 3. The van der Waals surface area contributed by atoms with Crippen LogP contribution in [0.5, 0.6) is 0 Å². The van der Waals surface area contributed by atoms with E-state index in [2.05, 4.69) is 15.3 Å². The van der Waals surface area contributed by atoms with Gasteiger partial charge in [-0.2, -0.15) is 13.2 Å². The minimum absolute atomic E-state index is 0.111. The van der Waals surface area contributed by atoms with Crippen molar-refractivity contribution in [2.45, 2.75) is 12.3 Å². The number of anilines is 1. The molecule has 1 aliphatic heterocycles. The molecule has 0 amide bonds. The van der Waals surface area contributed by atoms with E-state index in [0.29, 0.717) is 17.0 Å². The number of rotatable bonds is 1. The predicted octanol–water partition coefficient (Wildman–Crippen LogP) is 3.34. The highest BCUT2D eigenvalue weighted by Crippen LogP contribution is 2.35. The zero-order valence-corrected chi connectivity index (χ0v) is 12.2. The van der Waals surface area contributed by atoms with Crippen LogP contribution in [0.25, 0.3) is 11.0 Å². The number of fused-ring (bicyclic) bond motifs is 3. The van der Waals surface area contributed by atoms with Gasteiger partial charge in [0.05, 0.1) is 16.6 Å². The van der Waals surface area contributed by atoms with Crippen LogP contribution >= 0.6 is 0 Å². The summed E-state index contributed by atoms with van der Waals surface area (Å²) in [5.41, 5.74) is 6.92. The lowest BCUT2D eigenvalue weighted by molar-refractivity contribution is -0.137. The van der Waals surface area contributed by atoms with Gasteiger partial charge in [0.15, 0.2) is 12.1 Å². The Balaban J connectivity index is 1.91. The zero-order valence-electron chi connectivity index (χ0n) is 12.2. The van der Waals surface area contributed by atoms with Crippen molar-refractivity contribution in [2.75, 3.05) is 5.32 Å². The van der Waals surface area contributed by atoms with Crippen molar-refractivity contribution < 1.29 is 13.2 Å². The second-order valence-corrected chi connectivity index (χ2v) is 5.43. The molecule has 8 heteroatoms. The number of imidazole rings is 1. The minimum Gasteiger partial charge on any atom is -0.370 e. The topological polar surface area (TPSA) is 68.2 Å². The highest BCUT2D eigenvalue weighted by Gasteiger charge is 2.32. The first-order valence-corrected chi connectivity index (χ1v) is 7.18. The fourth-order valence-electron chi connectivity index (χ4n) is 2.82. The van der Waals surface area contributed by atoms with E-state index >= 15 is 0 Å². The third-order valence-corrected chi connectivity index (χ3v) is 3.85. The van der Waals surface area contributed by atoms with Crippen LogP contribution in [0.15, 0.2) is 53.5 Å². The van der Waals surface area contributed by atoms with Gasteiger partial charge in [-0.15, -0.1) is 0 Å². The number of guanidine groups is 1. The molecule has 4 rings (SSSR count). The van der Waals surface area contributed by atoms with Crippen molar-refractivity contribution in [1.82, 2.24) is 9.55 Å². The van der Waals surface area contributed by atoms with Gasteiger partial charge in [-0.05, 0) is 29.8 Å². The second-order valence-electron chi connectivity index (χ2n) is 5.43. The molecule has 122 valence electrons. The Labute approximate surface area is 134 Å². The van der Waals surface area contributed by atoms with E-state index < -0.39 is 17.9 Å². The van der Waals surface area contributed by atoms with Crippen LogP contribution in [-0.2, 0) is 6.18 Å². The summed E-state index contributed by atoms with van der Waals surface area (Å²) in [7, 11) is 0. The Kier molecular flexibility index (Phi) is 3.02. The average Bonchev–Trinajstić information content (AvgIpc) is 2.91. The number of benzene rings is 2. The standard InChI is InChI=1S/C16H12F3N5/c17-16(18,19)10-5-3-4-9(8-10)13-22-14(20)23-15-21-11-6-1-2-7-12(11)24(13)15/h1-8,13H,(H3,20,21,22,23)/t13-/m0/s1. The Morgan fingerprint density at radius 2 is 1.88 bits per heavy atom. The summed E-state index contributed by atoms with van der Waals surface area (Å²) in [6, 6.07) is 12.4. The molecule has 5 nitrogen and oxygen atoms in total. The number of aliphatic imine (C=N–C) groups is 1. The van der Waals surface area contributed by atoms with Gasteiger partial charge < -0.3 is 5.73 Å². The summed E-state index contributed by atoms with van der Waals surface area (Å²) in [5, 5.41) is 2.85. The number of para-hydroxylation sites is 2. The highest BCUT2D eigenvalue weighted by molar-refractivity contribution is 5.94. The molecular formula is C16H12F3N5. The van der Waals surface area contributed by atoms with E-state index in [1.807, 2.05) is 24.3 Å². The van der Waals surface area contributed by atoms with Crippen molar-refractivity contribution in [2.24, 2.45) is 10.7 Å². The Morgan fingerprint density at radius 1 is 1.08 bits per heavy atom. The first kappa shape index (κ1) is 14.6. The van der Waals surface area contributed by atoms with Crippen LogP contribution in [0.1, 0.15) is 17.3 Å². The van der Waals surface area contributed by atoms with Crippen molar-refractivity contribution in [3.63, 3.8) is 0 Å². The molecular weight excluding hydrogens is 319 g/mol. The highest BCUT2D eigenvalue weighted by atomic mass is 19.4. The molecule has 3 aromatic rings. The third kappa shape index (κ3) is 2.27. The molecule has 3 N–H and O–H groups in total. The molecule has 0 saturated carbocycles. The van der Waals surface area contributed by atoms with Crippen LogP contribution in [0, 0.1) is 0 Å². The molecule has 24 heavy (non-hydrogen) atoms. The molecule has 2 aromatic carbocycles. The Hall–Kier alpha value is -3.03. The summed E-state index contributed by atoms with van der Waals surface area (Å²) < 4.78 is 40.8. The third-order valence-electron chi connectivity index (χ3n) is 3.85. The van der Waals surface area contributed by atoms with E-state index in [1.165, 1.54) is 6.07 Å². The normalized spacial score (nSPS) is 17.3. The van der Waals surface area contributed by atoms with Gasteiger partial charge in [0, 0.05) is 0 Å². The molecule has 0 radical (unpaired) electrons. The molecule has 0 bridgehead atoms. The van der Waals surface area contributed by atoms with E-state index in [0.717, 1.165) is 17.6 Å². The predicted molar refractivity (Wildman–Crippen MR) is 84.6 cm³/mol. The van der Waals surface area contributed by atoms with Crippen molar-refractivity contribution >= 4 is 22.9 Å². The summed E-state index contributed by atoms with van der Waals surface area (Å²) in [6.45, 7) is 0. The van der Waals surface area contributed by atoms with E-state index in [1.54, 1.807) is 10.6 Å². The smallest absolute Gasteiger partial charge is 0.370 e. The van der Waals surface area contributed by atoms with Gasteiger partial charge in [-0.25, -0.2) is 9.98 Å². The number of hydrogen-bond donors (Lipinski definition) is 2. The number of nitrogens with two attached hydrogens (primary N) is 1. The number of aromatic nitrogens is 2. The van der Waals surface area contributed by atoms with Crippen LogP contribution in [0.3, 0.4) is 0 Å². The van der Waals surface area contributed by atoms with Crippen LogP contribution in [0.4, 0.5) is 19.1 Å². The fraction of sp³-hybridized carbons (Fsp3) is 0.125. The molecule has 2 heterocycles. The number of hydrogen-bond acceptors (Lipinski definition) is 4. The molecule has 0 saturated heterocycles. The van der Waals surface area contributed by atoms with Gasteiger partial charge in [-0.3, -0.25) is 9.88 Å². The van der Waals surface area contributed by atoms with Crippen molar-refractivity contribution in [1.29, 1.82) is 0 Å². The monoisotopic (exact) mass is 331 g/mol. The Morgan fingerprint density at radius 3 is 2.67 bits per heavy atom.